The van der Waals surface area contributed by atoms with Crippen LogP contribution in [0.2, 0.25) is 0 Å². The van der Waals surface area contributed by atoms with Crippen LogP contribution >= 0.6 is 0 Å². The van der Waals surface area contributed by atoms with Crippen molar-refractivity contribution in [1.82, 2.24) is 5.32 Å². The van der Waals surface area contributed by atoms with E-state index < -0.39 is 0 Å². The highest BCUT2D eigenvalue weighted by molar-refractivity contribution is 5.99. The second-order valence-electron chi connectivity index (χ2n) is 8.23. The van der Waals surface area contributed by atoms with Crippen LogP contribution in [0.3, 0.4) is 0 Å². The molecule has 0 bridgehead atoms. The fourth-order valence-electron chi connectivity index (χ4n) is 3.71. The Morgan fingerprint density at radius 3 is 1.87 bits per heavy atom. The monoisotopic (exact) mass is 416 g/mol. The van der Waals surface area contributed by atoms with Gasteiger partial charge in [0.15, 0.2) is 0 Å². The van der Waals surface area contributed by atoms with Gasteiger partial charge in [-0.1, -0.05) is 24.3 Å². The predicted molar refractivity (Wildman–Crippen MR) is 125 cm³/mol. The molecule has 0 aliphatic carbocycles. The molecule has 0 radical (unpaired) electrons. The maximum absolute atomic E-state index is 8.15. The minimum atomic E-state index is 0.0471. The number of nitrogens with one attached hydrogen (secondary N) is 3. The van der Waals surface area contributed by atoms with Crippen LogP contribution in [0.1, 0.15) is 49.3 Å². The summed E-state index contributed by atoms with van der Waals surface area (Å²) in [5, 5.41) is 20.9. The molecule has 2 heterocycles. The first kappa shape index (κ1) is 20.7. The lowest BCUT2D eigenvalue weighted by atomic mass is 10.1. The van der Waals surface area contributed by atoms with Crippen LogP contribution < -0.4 is 11.1 Å². The van der Waals surface area contributed by atoms with Crippen molar-refractivity contribution in [3.05, 3.63) is 71.2 Å². The largest absolute Gasteiger partial charge is 0.461 e. The Kier molecular flexibility index (Phi) is 5.80. The first-order valence-corrected chi connectivity index (χ1v) is 10.6. The summed E-state index contributed by atoms with van der Waals surface area (Å²) in [5.74, 6) is 2.37. The zero-order valence-electron chi connectivity index (χ0n) is 17.9. The average Bonchev–Trinajstić information content (AvgIpc) is 3.32. The lowest BCUT2D eigenvalue weighted by molar-refractivity contribution is 0.509. The Hall–Kier alpha value is -3.54. The second-order valence-corrected chi connectivity index (χ2v) is 8.23. The average molecular weight is 417 g/mol. The van der Waals surface area contributed by atoms with Crippen LogP contribution in [-0.2, 0) is 12.8 Å². The number of aryl methyl sites for hydroxylation is 2. The highest BCUT2D eigenvalue weighted by Gasteiger charge is 2.09. The molecular weight excluding hydrogens is 388 g/mol. The van der Waals surface area contributed by atoms with Gasteiger partial charge >= 0.3 is 0 Å². The summed E-state index contributed by atoms with van der Waals surface area (Å²) in [6.45, 7) is 4.04. The van der Waals surface area contributed by atoms with E-state index in [-0.39, 0.29) is 11.9 Å². The van der Waals surface area contributed by atoms with Gasteiger partial charge in [-0.3, -0.25) is 10.8 Å². The van der Waals surface area contributed by atoms with E-state index in [2.05, 4.69) is 17.4 Å². The van der Waals surface area contributed by atoms with Gasteiger partial charge in [-0.25, -0.2) is 0 Å². The van der Waals surface area contributed by atoms with E-state index in [0.29, 0.717) is 11.4 Å². The van der Waals surface area contributed by atoms with Gasteiger partial charge in [0.05, 0.1) is 0 Å². The fraction of sp³-hybridized carbons (Fsp3) is 0.280. The van der Waals surface area contributed by atoms with Crippen molar-refractivity contribution in [2.45, 2.75) is 45.6 Å². The summed E-state index contributed by atoms with van der Waals surface area (Å²) >= 11 is 0. The Balaban J connectivity index is 1.34. The summed E-state index contributed by atoms with van der Waals surface area (Å²) in [6, 6.07) is 15.9. The molecule has 6 nitrogen and oxygen atoms in total. The van der Waals surface area contributed by atoms with Crippen LogP contribution in [0, 0.1) is 10.8 Å². The van der Waals surface area contributed by atoms with Crippen LogP contribution in [0.5, 0.6) is 0 Å². The smallest absolute Gasteiger partial charge is 0.135 e. The minimum absolute atomic E-state index is 0.0471. The van der Waals surface area contributed by atoms with Gasteiger partial charge in [-0.05, 0) is 51.0 Å². The molecule has 0 aliphatic rings. The molecule has 4 aromatic rings. The van der Waals surface area contributed by atoms with Gasteiger partial charge in [0.2, 0.25) is 0 Å². The van der Waals surface area contributed by atoms with Crippen molar-refractivity contribution >= 4 is 33.6 Å². The van der Waals surface area contributed by atoms with Gasteiger partial charge in [-0.15, -0.1) is 0 Å². The van der Waals surface area contributed by atoms with E-state index in [1.807, 2.05) is 50.2 Å². The first-order valence-electron chi connectivity index (χ1n) is 10.6. The number of fused-ring (bicyclic) bond motifs is 2. The molecule has 31 heavy (non-hydrogen) atoms. The molecule has 5 N–H and O–H groups in total. The molecule has 4 rings (SSSR count). The molecule has 2 aromatic heterocycles. The number of furan rings is 2. The number of nitrogen functional groups attached to an aromatic ring is 1. The molecule has 0 saturated carbocycles. The quantitative estimate of drug-likeness (QED) is 0.176. The van der Waals surface area contributed by atoms with E-state index in [0.717, 1.165) is 64.7 Å². The van der Waals surface area contributed by atoms with Crippen LogP contribution in [0.15, 0.2) is 57.4 Å². The molecule has 6 heteroatoms. The first-order chi connectivity index (χ1) is 14.9. The third kappa shape index (κ3) is 4.79. The van der Waals surface area contributed by atoms with Crippen molar-refractivity contribution in [3.8, 4) is 0 Å². The van der Waals surface area contributed by atoms with Crippen LogP contribution in [0.4, 0.5) is 0 Å². The summed E-state index contributed by atoms with van der Waals surface area (Å²) in [6.07, 6.45) is 3.70. The van der Waals surface area contributed by atoms with Gasteiger partial charge in [-0.2, -0.15) is 0 Å². The zero-order chi connectivity index (χ0) is 22.0. The lowest BCUT2D eigenvalue weighted by Crippen LogP contribution is -2.30. The summed E-state index contributed by atoms with van der Waals surface area (Å²) in [7, 11) is 0. The zero-order valence-corrected chi connectivity index (χ0v) is 17.9. The maximum Gasteiger partial charge on any atom is 0.135 e. The predicted octanol–water partition coefficient (Wildman–Crippen LogP) is 5.35. The molecule has 0 spiro atoms. The molecule has 0 atom stereocenters. The highest BCUT2D eigenvalue weighted by atomic mass is 16.3. The molecule has 0 aliphatic heterocycles. The Labute approximate surface area is 181 Å². The summed E-state index contributed by atoms with van der Waals surface area (Å²) in [5.41, 5.74) is 8.66. The van der Waals surface area contributed by atoms with Gasteiger partial charge < -0.3 is 19.9 Å². The maximum atomic E-state index is 8.15. The van der Waals surface area contributed by atoms with Gasteiger partial charge in [0, 0.05) is 40.8 Å². The lowest BCUT2D eigenvalue weighted by Gasteiger charge is -2.10. The van der Waals surface area contributed by atoms with Crippen LogP contribution in [0.25, 0.3) is 21.9 Å². The molecular formula is C25H28N4O2. The van der Waals surface area contributed by atoms with E-state index in [1.54, 1.807) is 0 Å². The van der Waals surface area contributed by atoms with Crippen LogP contribution in [-0.4, -0.2) is 17.7 Å². The SMILES string of the molecule is CC(C)NC(=N)c1ccc2cc(CCCCc3cc4ccc(C(=N)N)cc4o3)oc2c1. The second kappa shape index (κ2) is 8.68. The molecule has 2 aromatic carbocycles. The molecule has 160 valence electrons. The third-order valence-corrected chi connectivity index (χ3v) is 5.27. The number of benzene rings is 2. The van der Waals surface area contributed by atoms with Crippen molar-refractivity contribution in [2.24, 2.45) is 5.73 Å². The Morgan fingerprint density at radius 1 is 0.839 bits per heavy atom. The normalized spacial score (nSPS) is 11.5. The number of rotatable bonds is 8. The van der Waals surface area contributed by atoms with Crippen molar-refractivity contribution in [3.63, 3.8) is 0 Å². The number of amidine groups is 2. The fourth-order valence-corrected chi connectivity index (χ4v) is 3.71. The van der Waals surface area contributed by atoms with Gasteiger partial charge in [0.25, 0.3) is 0 Å². The third-order valence-electron chi connectivity index (χ3n) is 5.27. The molecule has 0 saturated heterocycles. The van der Waals surface area contributed by atoms with E-state index >= 15 is 0 Å². The topological polar surface area (TPSA) is 112 Å². The van der Waals surface area contributed by atoms with Crippen molar-refractivity contribution in [2.75, 3.05) is 0 Å². The van der Waals surface area contributed by atoms with E-state index in [9.17, 15) is 0 Å². The van der Waals surface area contributed by atoms with E-state index in [4.69, 9.17) is 25.4 Å². The number of nitrogens with two attached hydrogens (primary N) is 1. The molecule has 0 fully saturated rings. The number of unbranched alkanes of at least 4 members (excludes halogenated alkanes) is 1. The van der Waals surface area contributed by atoms with Crippen molar-refractivity contribution < 1.29 is 8.83 Å². The Bertz CT molecular complexity index is 1250. The number of hydrogen-bond donors (Lipinski definition) is 4. The van der Waals surface area contributed by atoms with E-state index in [1.165, 1.54) is 0 Å². The molecule has 0 amide bonds. The summed E-state index contributed by atoms with van der Waals surface area (Å²) in [4.78, 5) is 0. The summed E-state index contributed by atoms with van der Waals surface area (Å²) < 4.78 is 11.9. The standard InChI is InChI=1S/C25H28N4O2/c1-15(2)29-25(28)19-10-8-17-12-21(31-23(17)14-19)6-4-3-5-20-11-16-7-9-18(24(26)27)13-22(16)30-20/h7-15H,3-6H2,1-2H3,(H3,26,27)(H2,28,29). The van der Waals surface area contributed by atoms with Crippen molar-refractivity contribution in [1.29, 1.82) is 10.8 Å². The number of hydrogen-bond acceptors (Lipinski definition) is 4. The Morgan fingerprint density at radius 2 is 1.35 bits per heavy atom. The van der Waals surface area contributed by atoms with Gasteiger partial charge in [0.1, 0.15) is 34.4 Å². The minimum Gasteiger partial charge on any atom is -0.461 e. The highest BCUT2D eigenvalue weighted by Crippen LogP contribution is 2.24. The molecule has 0 unspecified atom stereocenters.